The summed E-state index contributed by atoms with van der Waals surface area (Å²) in [5, 5.41) is 5.93. The Balaban J connectivity index is 2.52. The Morgan fingerprint density at radius 1 is 1.50 bits per heavy atom. The third kappa shape index (κ3) is 4.33. The molecule has 0 bridgehead atoms. The molecule has 0 fully saturated rings. The molecule has 2 N–H and O–H groups in total. The van der Waals surface area contributed by atoms with E-state index in [1.165, 1.54) is 0 Å². The molecule has 0 saturated carbocycles. The van der Waals surface area contributed by atoms with E-state index in [0.717, 1.165) is 16.6 Å². The molecule has 0 spiro atoms. The van der Waals surface area contributed by atoms with Crippen LogP contribution in [0.1, 0.15) is 25.5 Å². The highest BCUT2D eigenvalue weighted by atomic mass is 79.9. The monoisotopic (exact) mass is 284 g/mol. The van der Waals surface area contributed by atoms with Gasteiger partial charge in [-0.05, 0) is 31.2 Å². The summed E-state index contributed by atoms with van der Waals surface area (Å²) in [7, 11) is 0. The third-order valence-electron chi connectivity index (χ3n) is 2.26. The lowest BCUT2D eigenvalue weighted by Crippen LogP contribution is -2.35. The molecular formula is C12H17BrN2O. The minimum Gasteiger partial charge on any atom is -0.348 e. The van der Waals surface area contributed by atoms with E-state index in [1.54, 1.807) is 0 Å². The van der Waals surface area contributed by atoms with Gasteiger partial charge in [0, 0.05) is 4.47 Å². The van der Waals surface area contributed by atoms with Crippen LogP contribution in [0.15, 0.2) is 28.7 Å². The van der Waals surface area contributed by atoms with E-state index < -0.39 is 0 Å². The molecule has 0 saturated heterocycles. The van der Waals surface area contributed by atoms with Gasteiger partial charge in [0.2, 0.25) is 5.91 Å². The van der Waals surface area contributed by atoms with E-state index in [-0.39, 0.29) is 11.9 Å². The standard InChI is InChI=1S/C12H17BrN2O/c1-3-14-8-12(16)15-9(2)10-5-4-6-11(13)7-10/h4-7,9,14H,3,8H2,1-2H3,(H,15,16)/t9-/m0/s1. The van der Waals surface area contributed by atoms with Gasteiger partial charge in [-0.2, -0.15) is 0 Å². The van der Waals surface area contributed by atoms with Gasteiger partial charge in [0.05, 0.1) is 12.6 Å². The van der Waals surface area contributed by atoms with E-state index in [1.807, 2.05) is 38.1 Å². The number of rotatable bonds is 5. The van der Waals surface area contributed by atoms with Crippen molar-refractivity contribution in [3.63, 3.8) is 0 Å². The minimum absolute atomic E-state index is 0.0225. The Bertz CT molecular complexity index is 355. The van der Waals surface area contributed by atoms with Gasteiger partial charge in [-0.3, -0.25) is 4.79 Å². The maximum Gasteiger partial charge on any atom is 0.234 e. The molecule has 1 rings (SSSR count). The molecule has 16 heavy (non-hydrogen) atoms. The first-order chi connectivity index (χ1) is 7.63. The zero-order chi connectivity index (χ0) is 12.0. The molecule has 0 unspecified atom stereocenters. The summed E-state index contributed by atoms with van der Waals surface area (Å²) in [5.41, 5.74) is 1.10. The number of amides is 1. The van der Waals surface area contributed by atoms with Gasteiger partial charge >= 0.3 is 0 Å². The first-order valence-corrected chi connectivity index (χ1v) is 6.18. The van der Waals surface area contributed by atoms with Crippen LogP contribution < -0.4 is 10.6 Å². The molecule has 1 amide bonds. The van der Waals surface area contributed by atoms with Crippen molar-refractivity contribution in [2.75, 3.05) is 13.1 Å². The molecule has 1 atom stereocenters. The molecule has 0 aliphatic rings. The van der Waals surface area contributed by atoms with E-state index >= 15 is 0 Å². The van der Waals surface area contributed by atoms with Gasteiger partial charge in [0.25, 0.3) is 0 Å². The van der Waals surface area contributed by atoms with Crippen molar-refractivity contribution in [1.29, 1.82) is 0 Å². The highest BCUT2D eigenvalue weighted by molar-refractivity contribution is 9.10. The molecule has 88 valence electrons. The fourth-order valence-electron chi connectivity index (χ4n) is 1.39. The van der Waals surface area contributed by atoms with Gasteiger partial charge in [0.1, 0.15) is 0 Å². The van der Waals surface area contributed by atoms with Gasteiger partial charge < -0.3 is 10.6 Å². The summed E-state index contributed by atoms with van der Waals surface area (Å²) in [4.78, 5) is 11.5. The Morgan fingerprint density at radius 3 is 2.88 bits per heavy atom. The normalized spacial score (nSPS) is 12.2. The fourth-order valence-corrected chi connectivity index (χ4v) is 1.81. The van der Waals surface area contributed by atoms with E-state index in [9.17, 15) is 4.79 Å². The van der Waals surface area contributed by atoms with Crippen LogP contribution in [0, 0.1) is 0 Å². The molecule has 0 aliphatic heterocycles. The number of hydrogen-bond donors (Lipinski definition) is 2. The third-order valence-corrected chi connectivity index (χ3v) is 2.75. The van der Waals surface area contributed by atoms with Crippen LogP contribution in [0.5, 0.6) is 0 Å². The Morgan fingerprint density at radius 2 is 2.25 bits per heavy atom. The van der Waals surface area contributed by atoms with Crippen LogP contribution in [-0.4, -0.2) is 19.0 Å². The van der Waals surface area contributed by atoms with Crippen molar-refractivity contribution >= 4 is 21.8 Å². The zero-order valence-corrected chi connectivity index (χ0v) is 11.2. The maximum absolute atomic E-state index is 11.5. The molecular weight excluding hydrogens is 268 g/mol. The second kappa shape index (κ2) is 6.66. The highest BCUT2D eigenvalue weighted by Gasteiger charge is 2.08. The van der Waals surface area contributed by atoms with E-state index in [2.05, 4.69) is 26.6 Å². The van der Waals surface area contributed by atoms with Gasteiger partial charge in [-0.1, -0.05) is 35.0 Å². The molecule has 0 aromatic heterocycles. The Kier molecular flexibility index (Phi) is 5.49. The van der Waals surface area contributed by atoms with Crippen molar-refractivity contribution in [2.45, 2.75) is 19.9 Å². The topological polar surface area (TPSA) is 41.1 Å². The van der Waals surface area contributed by atoms with Crippen LogP contribution in [0.3, 0.4) is 0 Å². The molecule has 1 aromatic rings. The zero-order valence-electron chi connectivity index (χ0n) is 9.59. The van der Waals surface area contributed by atoms with Crippen LogP contribution in [0.2, 0.25) is 0 Å². The fraction of sp³-hybridized carbons (Fsp3) is 0.417. The molecule has 3 nitrogen and oxygen atoms in total. The number of carbonyl (C=O) groups is 1. The first kappa shape index (κ1) is 13.2. The van der Waals surface area contributed by atoms with Crippen molar-refractivity contribution < 1.29 is 4.79 Å². The van der Waals surface area contributed by atoms with Gasteiger partial charge in [-0.15, -0.1) is 0 Å². The van der Waals surface area contributed by atoms with Crippen LogP contribution in [0.4, 0.5) is 0 Å². The lowest BCUT2D eigenvalue weighted by atomic mass is 10.1. The number of carbonyl (C=O) groups excluding carboxylic acids is 1. The molecule has 0 radical (unpaired) electrons. The van der Waals surface area contributed by atoms with Gasteiger partial charge in [0.15, 0.2) is 0 Å². The summed E-state index contributed by atoms with van der Waals surface area (Å²) in [6.45, 7) is 5.13. The maximum atomic E-state index is 11.5. The smallest absolute Gasteiger partial charge is 0.234 e. The van der Waals surface area contributed by atoms with Crippen LogP contribution in [0.25, 0.3) is 0 Å². The number of likely N-dealkylation sites (N-methyl/N-ethyl adjacent to an activating group) is 1. The average molecular weight is 285 g/mol. The summed E-state index contributed by atoms with van der Waals surface area (Å²) < 4.78 is 1.03. The van der Waals surface area contributed by atoms with Crippen LogP contribution >= 0.6 is 15.9 Å². The van der Waals surface area contributed by atoms with E-state index in [4.69, 9.17) is 0 Å². The quantitative estimate of drug-likeness (QED) is 0.871. The Hall–Kier alpha value is -0.870. The first-order valence-electron chi connectivity index (χ1n) is 5.39. The summed E-state index contributed by atoms with van der Waals surface area (Å²) in [6.07, 6.45) is 0. The van der Waals surface area contributed by atoms with Gasteiger partial charge in [-0.25, -0.2) is 0 Å². The predicted octanol–water partition coefficient (Wildman–Crippen LogP) is 2.24. The second-order valence-corrected chi connectivity index (χ2v) is 4.54. The Labute approximate surface area is 105 Å². The molecule has 0 aliphatic carbocycles. The molecule has 4 heteroatoms. The van der Waals surface area contributed by atoms with Crippen molar-refractivity contribution in [1.82, 2.24) is 10.6 Å². The lowest BCUT2D eigenvalue weighted by Gasteiger charge is -2.14. The van der Waals surface area contributed by atoms with Crippen molar-refractivity contribution in [3.8, 4) is 0 Å². The summed E-state index contributed by atoms with van der Waals surface area (Å²) in [6, 6.07) is 7.98. The lowest BCUT2D eigenvalue weighted by molar-refractivity contribution is -0.120. The van der Waals surface area contributed by atoms with Crippen molar-refractivity contribution in [3.05, 3.63) is 34.3 Å². The SMILES string of the molecule is CCNCC(=O)N[C@@H](C)c1cccc(Br)c1. The summed E-state index contributed by atoms with van der Waals surface area (Å²) in [5.74, 6) is 0.0225. The number of benzene rings is 1. The number of halogens is 1. The number of nitrogens with one attached hydrogen (secondary N) is 2. The van der Waals surface area contributed by atoms with Crippen molar-refractivity contribution in [2.24, 2.45) is 0 Å². The predicted molar refractivity (Wildman–Crippen MR) is 69.2 cm³/mol. The highest BCUT2D eigenvalue weighted by Crippen LogP contribution is 2.17. The summed E-state index contributed by atoms with van der Waals surface area (Å²) >= 11 is 3.41. The number of hydrogen-bond acceptors (Lipinski definition) is 2. The van der Waals surface area contributed by atoms with E-state index in [0.29, 0.717) is 6.54 Å². The largest absolute Gasteiger partial charge is 0.348 e. The molecule has 1 aromatic carbocycles. The second-order valence-electron chi connectivity index (χ2n) is 3.62. The van der Waals surface area contributed by atoms with Crippen LogP contribution in [-0.2, 0) is 4.79 Å². The average Bonchev–Trinajstić information content (AvgIpc) is 2.26. The minimum atomic E-state index is 0.0225. The molecule has 0 heterocycles.